The molecule has 0 amide bonds. The van der Waals surface area contributed by atoms with Gasteiger partial charge in [0.1, 0.15) is 0 Å². The molecular weight excluding hydrogens is 757 g/mol. The molecule has 2 aromatic heterocycles. The van der Waals surface area contributed by atoms with Crippen molar-refractivity contribution in [3.05, 3.63) is 217 Å². The Morgan fingerprint density at radius 1 is 0.443 bits per heavy atom. The lowest BCUT2D eigenvalue weighted by molar-refractivity contribution is 0.660. The van der Waals surface area contributed by atoms with Crippen molar-refractivity contribution in [1.29, 1.82) is 0 Å². The van der Waals surface area contributed by atoms with Gasteiger partial charge in [0, 0.05) is 53.4 Å². The molecule has 0 N–H and O–H groups in total. The Hall–Kier alpha value is -7.20. The molecule has 290 valence electrons. The molecule has 0 bridgehead atoms. The number of thiophene rings is 1. The number of para-hydroxylation sites is 2. The van der Waals surface area contributed by atoms with E-state index in [4.69, 9.17) is 0 Å². The van der Waals surface area contributed by atoms with Crippen molar-refractivity contribution < 1.29 is 0 Å². The van der Waals surface area contributed by atoms with Gasteiger partial charge < -0.3 is 9.47 Å². The summed E-state index contributed by atoms with van der Waals surface area (Å²) in [4.78, 5) is 2.49. The summed E-state index contributed by atoms with van der Waals surface area (Å²) in [5.41, 5.74) is 18.5. The van der Waals surface area contributed by atoms with Gasteiger partial charge in [-0.1, -0.05) is 135 Å². The molecule has 0 saturated heterocycles. The molecule has 2 heterocycles. The Bertz CT molecular complexity index is 3500. The van der Waals surface area contributed by atoms with Gasteiger partial charge >= 0.3 is 0 Å². The van der Waals surface area contributed by atoms with Crippen LogP contribution in [0.1, 0.15) is 30.5 Å². The van der Waals surface area contributed by atoms with Crippen molar-refractivity contribution in [3.63, 3.8) is 0 Å². The van der Waals surface area contributed by atoms with Gasteiger partial charge in [-0.25, -0.2) is 0 Å². The third-order valence-electron chi connectivity index (χ3n) is 13.1. The molecule has 9 aromatic carbocycles. The second-order valence-electron chi connectivity index (χ2n) is 17.0. The molecule has 3 heteroatoms. The van der Waals surface area contributed by atoms with E-state index in [1.54, 1.807) is 0 Å². The summed E-state index contributed by atoms with van der Waals surface area (Å²) in [5, 5.41) is 5.08. The highest BCUT2D eigenvalue weighted by atomic mass is 32.1. The Labute approximate surface area is 360 Å². The third-order valence-corrected chi connectivity index (χ3v) is 14.2. The highest BCUT2D eigenvalue weighted by Gasteiger charge is 2.36. The maximum absolute atomic E-state index is 2.49. The van der Waals surface area contributed by atoms with Crippen LogP contribution in [0.3, 0.4) is 0 Å². The Kier molecular flexibility index (Phi) is 8.01. The maximum Gasteiger partial charge on any atom is 0.0554 e. The first-order chi connectivity index (χ1) is 29.9. The Morgan fingerprint density at radius 2 is 1.07 bits per heavy atom. The molecule has 0 spiro atoms. The van der Waals surface area contributed by atoms with E-state index in [0.717, 1.165) is 11.4 Å². The number of rotatable bonds is 6. The lowest BCUT2D eigenvalue weighted by atomic mass is 9.81. The smallest absolute Gasteiger partial charge is 0.0554 e. The summed E-state index contributed by atoms with van der Waals surface area (Å²) in [6, 6.07) is 74.2. The number of hydrogen-bond acceptors (Lipinski definition) is 2. The number of hydrogen-bond donors (Lipinski definition) is 0. The summed E-state index contributed by atoms with van der Waals surface area (Å²) < 4.78 is 4.96. The largest absolute Gasteiger partial charge is 0.310 e. The molecule has 61 heavy (non-hydrogen) atoms. The van der Waals surface area contributed by atoms with E-state index in [1.807, 2.05) is 11.3 Å². The number of anilines is 3. The van der Waals surface area contributed by atoms with Crippen molar-refractivity contribution in [1.82, 2.24) is 4.57 Å². The summed E-state index contributed by atoms with van der Waals surface area (Å²) in [6.45, 7) is 6.94. The minimum absolute atomic E-state index is 0.172. The maximum atomic E-state index is 2.49. The van der Waals surface area contributed by atoms with Crippen molar-refractivity contribution >= 4 is 70.4 Å². The van der Waals surface area contributed by atoms with Crippen LogP contribution < -0.4 is 4.90 Å². The van der Waals surface area contributed by atoms with E-state index in [9.17, 15) is 0 Å². The van der Waals surface area contributed by atoms with Gasteiger partial charge in [0.25, 0.3) is 0 Å². The molecule has 1 aliphatic rings. The Morgan fingerprint density at radius 3 is 1.87 bits per heavy atom. The van der Waals surface area contributed by atoms with Gasteiger partial charge in [-0.2, -0.15) is 0 Å². The summed E-state index contributed by atoms with van der Waals surface area (Å²) in [5.74, 6) is 0. The van der Waals surface area contributed by atoms with Gasteiger partial charge in [0.2, 0.25) is 0 Å². The predicted molar refractivity (Wildman–Crippen MR) is 262 cm³/mol. The minimum Gasteiger partial charge on any atom is -0.310 e. The third kappa shape index (κ3) is 5.61. The van der Waals surface area contributed by atoms with Crippen molar-refractivity contribution in [2.75, 3.05) is 4.90 Å². The minimum atomic E-state index is -0.172. The second-order valence-corrected chi connectivity index (χ2v) is 18.1. The van der Waals surface area contributed by atoms with Crippen LogP contribution in [0.15, 0.2) is 200 Å². The fraction of sp³-hybridized carbons (Fsp3) is 0.0690. The summed E-state index contributed by atoms with van der Waals surface area (Å²) in [6.07, 6.45) is 0. The lowest BCUT2D eigenvalue weighted by Crippen LogP contribution is -2.16. The monoisotopic (exact) mass is 798 g/mol. The van der Waals surface area contributed by atoms with Crippen molar-refractivity contribution in [2.24, 2.45) is 0 Å². The number of aromatic nitrogens is 1. The van der Waals surface area contributed by atoms with Crippen LogP contribution in [-0.4, -0.2) is 4.57 Å². The topological polar surface area (TPSA) is 8.17 Å². The van der Waals surface area contributed by atoms with E-state index < -0.39 is 0 Å². The van der Waals surface area contributed by atoms with E-state index >= 15 is 0 Å². The molecule has 0 radical (unpaired) electrons. The molecule has 0 saturated carbocycles. The van der Waals surface area contributed by atoms with Crippen molar-refractivity contribution in [2.45, 2.75) is 26.2 Å². The van der Waals surface area contributed by atoms with Crippen LogP contribution in [0.5, 0.6) is 0 Å². The van der Waals surface area contributed by atoms with Crippen LogP contribution in [-0.2, 0) is 5.41 Å². The number of benzene rings is 9. The Balaban J connectivity index is 1.01. The highest BCUT2D eigenvalue weighted by molar-refractivity contribution is 7.26. The van der Waals surface area contributed by atoms with Gasteiger partial charge in [-0.15, -0.1) is 11.3 Å². The van der Waals surface area contributed by atoms with E-state index in [-0.39, 0.29) is 5.41 Å². The molecule has 2 nitrogen and oxygen atoms in total. The fourth-order valence-electron chi connectivity index (χ4n) is 9.98. The molecule has 1 aliphatic carbocycles. The lowest BCUT2D eigenvalue weighted by Gasteiger charge is -2.29. The van der Waals surface area contributed by atoms with Gasteiger partial charge in [0.15, 0.2) is 0 Å². The molecule has 0 aliphatic heterocycles. The van der Waals surface area contributed by atoms with Crippen molar-refractivity contribution in [3.8, 4) is 39.1 Å². The first-order valence-corrected chi connectivity index (χ1v) is 22.0. The molecule has 0 atom stereocenters. The van der Waals surface area contributed by atoms with Crippen LogP contribution in [0, 0.1) is 6.92 Å². The average molecular weight is 799 g/mol. The molecule has 0 fully saturated rings. The molecule has 0 unspecified atom stereocenters. The summed E-state index contributed by atoms with van der Waals surface area (Å²) >= 11 is 1.88. The zero-order valence-electron chi connectivity index (χ0n) is 34.4. The average Bonchev–Trinajstić information content (AvgIpc) is 3.92. The predicted octanol–water partition coefficient (Wildman–Crippen LogP) is 16.6. The standard InChI is InChI=1S/C58H42N2S/c1-37-21-26-43(27-22-37)59(44-28-30-46-45-29-23-41(38-13-6-4-7-14-38)35-50(45)58(2,3)51(46)36-44)54-19-12-20-56-57(54)49-34-40(25-32-55(49)61-56)39-24-31-53-48(33-39)47-17-10-11-18-52(47)60(53)42-15-8-5-9-16-42/h4-36H,1-3H3. The van der Waals surface area contributed by atoms with Gasteiger partial charge in [-0.3, -0.25) is 0 Å². The first-order valence-electron chi connectivity index (χ1n) is 21.2. The van der Waals surface area contributed by atoms with Crippen LogP contribution in [0.2, 0.25) is 0 Å². The normalized spacial score (nSPS) is 13.0. The van der Waals surface area contributed by atoms with Crippen LogP contribution >= 0.6 is 11.3 Å². The highest BCUT2D eigenvalue weighted by Crippen LogP contribution is 2.53. The quantitative estimate of drug-likeness (QED) is 0.163. The molecule has 12 rings (SSSR count). The fourth-order valence-corrected chi connectivity index (χ4v) is 11.1. The zero-order chi connectivity index (χ0) is 40.8. The van der Waals surface area contributed by atoms with Crippen LogP contribution in [0.4, 0.5) is 17.1 Å². The van der Waals surface area contributed by atoms with Crippen LogP contribution in [0.25, 0.3) is 81.0 Å². The van der Waals surface area contributed by atoms with E-state index in [2.05, 4.69) is 230 Å². The second kappa shape index (κ2) is 13.7. The summed E-state index contributed by atoms with van der Waals surface area (Å²) in [7, 11) is 0. The van der Waals surface area contributed by atoms with Gasteiger partial charge in [-0.05, 0) is 136 Å². The van der Waals surface area contributed by atoms with E-state index in [1.165, 1.54) is 103 Å². The SMILES string of the molecule is Cc1ccc(N(c2ccc3c(c2)C(C)(C)c2cc(-c4ccccc4)ccc2-3)c2cccc3sc4ccc(-c5ccc6c(c5)c5ccccc5n6-c5ccccc5)cc4c23)cc1. The molecule has 11 aromatic rings. The first kappa shape index (κ1) is 35.7. The number of aryl methyl sites for hydroxylation is 1. The van der Waals surface area contributed by atoms with E-state index in [0.29, 0.717) is 0 Å². The van der Waals surface area contributed by atoms with Gasteiger partial charge in [0.05, 0.1) is 16.7 Å². The molecular formula is C58H42N2S. The number of fused-ring (bicyclic) bond motifs is 9. The zero-order valence-corrected chi connectivity index (χ0v) is 35.2. The number of nitrogens with zero attached hydrogens (tertiary/aromatic N) is 2.